The predicted octanol–water partition coefficient (Wildman–Crippen LogP) is -6.13. The molecule has 0 aromatic heterocycles. The third-order valence-corrected chi connectivity index (χ3v) is 1.42. The molecule has 5 nitrogen and oxygen atoms in total. The van der Waals surface area contributed by atoms with Crippen LogP contribution < -0.4 is 64.0 Å². The van der Waals surface area contributed by atoms with E-state index in [1.165, 1.54) is 0 Å². The predicted molar refractivity (Wildman–Crippen MR) is 22.6 cm³/mol. The van der Waals surface area contributed by atoms with E-state index in [4.69, 9.17) is 5.11 Å². The van der Waals surface area contributed by atoms with E-state index < -0.39 is 13.3 Å². The van der Waals surface area contributed by atoms with Gasteiger partial charge in [-0.2, -0.15) is 0 Å². The first-order chi connectivity index (χ1) is 3.50. The van der Waals surface area contributed by atoms with Gasteiger partial charge in [-0.25, -0.2) is 4.79 Å². The molecule has 1 N–H and O–H groups in total. The molecule has 0 aliphatic rings. The van der Waals surface area contributed by atoms with Gasteiger partial charge in [-0.3, -0.25) is 4.57 Å². The topological polar surface area (TPSA) is 86.7 Å². The molecule has 48 valence electrons. The zero-order valence-corrected chi connectivity index (χ0v) is 10.9. The Morgan fingerprint density at radius 1 is 1.60 bits per heavy atom. The maximum Gasteiger partial charge on any atom is 1.00 e. The van der Waals surface area contributed by atoms with Crippen LogP contribution in [0.3, 0.4) is 0 Å². The molecule has 0 saturated carbocycles. The number of hydrogen-bond donors (Lipinski definition) is 1. The molecule has 0 saturated heterocycles. The first kappa shape index (κ1) is 17.6. The van der Waals surface area contributed by atoms with Gasteiger partial charge in [0, 0.05) is 7.11 Å². The van der Waals surface area contributed by atoms with Crippen LogP contribution >= 0.6 is 7.60 Å². The van der Waals surface area contributed by atoms with Crippen molar-refractivity contribution in [3.8, 4) is 0 Å². The molecule has 0 heterocycles. The molecule has 0 aromatic carbocycles. The molecular formula is C2H4Na2O5P+. The average molecular weight is 185 g/mol. The van der Waals surface area contributed by atoms with Gasteiger partial charge >= 0.3 is 64.8 Å². The molecule has 0 radical (unpaired) electrons. The van der Waals surface area contributed by atoms with Crippen LogP contribution in [0.4, 0.5) is 4.79 Å². The van der Waals surface area contributed by atoms with Crippen molar-refractivity contribution in [3.63, 3.8) is 0 Å². The first-order valence-electron chi connectivity index (χ1n) is 1.61. The summed E-state index contributed by atoms with van der Waals surface area (Å²) in [4.78, 5) is 19.5. The second-order valence-corrected chi connectivity index (χ2v) is 2.71. The summed E-state index contributed by atoms with van der Waals surface area (Å²) in [5, 5.41) is 7.74. The van der Waals surface area contributed by atoms with Crippen molar-refractivity contribution in [2.75, 3.05) is 7.11 Å². The Balaban J connectivity index is -0.000000245. The van der Waals surface area contributed by atoms with E-state index >= 15 is 0 Å². The fraction of sp³-hybridized carbons (Fsp3) is 0.500. The number of carboxylic acid groups (broad SMARTS) is 1. The van der Waals surface area contributed by atoms with Gasteiger partial charge in [-0.1, -0.05) is 0 Å². The van der Waals surface area contributed by atoms with Gasteiger partial charge in [-0.05, 0) is 0 Å². The van der Waals surface area contributed by atoms with E-state index in [2.05, 4.69) is 4.52 Å². The molecule has 0 rings (SSSR count). The maximum absolute atomic E-state index is 9.91. The largest absolute Gasteiger partial charge is 1.00 e. The van der Waals surface area contributed by atoms with E-state index in [1.807, 2.05) is 0 Å². The molecule has 1 atom stereocenters. The van der Waals surface area contributed by atoms with Crippen LogP contribution in [-0.2, 0) is 9.09 Å². The van der Waals surface area contributed by atoms with Gasteiger partial charge in [0.25, 0.3) is 0 Å². The van der Waals surface area contributed by atoms with Crippen molar-refractivity contribution in [3.05, 3.63) is 0 Å². The van der Waals surface area contributed by atoms with E-state index in [0.29, 0.717) is 0 Å². The van der Waals surface area contributed by atoms with Gasteiger partial charge in [0.2, 0.25) is 7.60 Å². The summed E-state index contributed by atoms with van der Waals surface area (Å²) in [6, 6.07) is 0. The SMILES string of the molecule is COP(=O)([O-])C(=O)O.[Na+].[Na+]. The number of carbonyl (C=O) groups is 1. The van der Waals surface area contributed by atoms with Crippen molar-refractivity contribution >= 4 is 13.3 Å². The zero-order chi connectivity index (χ0) is 6.78. The summed E-state index contributed by atoms with van der Waals surface area (Å²) in [6.45, 7) is 0. The minimum absolute atomic E-state index is 0. The Morgan fingerprint density at radius 2 is 1.90 bits per heavy atom. The number of rotatable bonds is 2. The van der Waals surface area contributed by atoms with Gasteiger partial charge in [0.05, 0.1) is 0 Å². The monoisotopic (exact) mass is 185 g/mol. The van der Waals surface area contributed by atoms with Crippen molar-refractivity contribution < 1.29 is 83.0 Å². The van der Waals surface area contributed by atoms with Crippen LogP contribution in [-0.4, -0.2) is 17.9 Å². The summed E-state index contributed by atoms with van der Waals surface area (Å²) in [5.74, 6) is 0. The van der Waals surface area contributed by atoms with Crippen LogP contribution in [0.2, 0.25) is 0 Å². The van der Waals surface area contributed by atoms with E-state index in [0.717, 1.165) is 7.11 Å². The fourth-order valence-corrected chi connectivity index (χ4v) is 0.234. The molecule has 0 spiro atoms. The van der Waals surface area contributed by atoms with Gasteiger partial charge < -0.3 is 14.5 Å². The molecule has 1 unspecified atom stereocenters. The maximum atomic E-state index is 9.91. The molecule has 0 aromatic rings. The molecule has 0 aliphatic carbocycles. The zero-order valence-electron chi connectivity index (χ0n) is 6.03. The summed E-state index contributed by atoms with van der Waals surface area (Å²) >= 11 is 0. The Bertz CT molecular complexity index is 147. The summed E-state index contributed by atoms with van der Waals surface area (Å²) in [5.41, 5.74) is -1.94. The summed E-state index contributed by atoms with van der Waals surface area (Å²) in [6.07, 6.45) is 0. The molecule has 8 heteroatoms. The minimum Gasteiger partial charge on any atom is -0.770 e. The van der Waals surface area contributed by atoms with Crippen LogP contribution in [0.15, 0.2) is 0 Å². The Labute approximate surface area is 102 Å². The average Bonchev–Trinajstić information content (AvgIpc) is 1.67. The third-order valence-electron chi connectivity index (χ3n) is 0.475. The Kier molecular flexibility index (Phi) is 12.8. The van der Waals surface area contributed by atoms with E-state index in [-0.39, 0.29) is 59.1 Å². The molecule has 0 fully saturated rings. The second kappa shape index (κ2) is 7.28. The van der Waals surface area contributed by atoms with Gasteiger partial charge in [-0.15, -0.1) is 0 Å². The standard InChI is InChI=1S/C2H5O5P.2Na/c1-7-8(5,6)2(3)4;;/h1H3,(H,3,4)(H,5,6);;/q;2*+1/p-1. The van der Waals surface area contributed by atoms with Crippen LogP contribution in [0.5, 0.6) is 0 Å². The van der Waals surface area contributed by atoms with E-state index in [1.54, 1.807) is 0 Å². The smallest absolute Gasteiger partial charge is 0.770 e. The van der Waals surface area contributed by atoms with E-state index in [9.17, 15) is 14.3 Å². The van der Waals surface area contributed by atoms with Gasteiger partial charge in [0.15, 0.2) is 0 Å². The van der Waals surface area contributed by atoms with Crippen LogP contribution in [0.25, 0.3) is 0 Å². The van der Waals surface area contributed by atoms with Crippen molar-refractivity contribution in [2.45, 2.75) is 0 Å². The summed E-state index contributed by atoms with van der Waals surface area (Å²) in [7, 11) is -3.79. The van der Waals surface area contributed by atoms with Crippen LogP contribution in [0, 0.1) is 0 Å². The van der Waals surface area contributed by atoms with Crippen molar-refractivity contribution in [1.29, 1.82) is 0 Å². The van der Waals surface area contributed by atoms with Crippen molar-refractivity contribution in [1.82, 2.24) is 0 Å². The molecule has 0 aliphatic heterocycles. The van der Waals surface area contributed by atoms with Crippen LogP contribution in [0.1, 0.15) is 0 Å². The van der Waals surface area contributed by atoms with Gasteiger partial charge in [0.1, 0.15) is 0 Å². The second-order valence-electron chi connectivity index (χ2n) is 0.963. The number of hydrogen-bond acceptors (Lipinski definition) is 4. The normalized spacial score (nSPS) is 13.8. The minimum atomic E-state index is -4.58. The quantitative estimate of drug-likeness (QED) is 0.341. The Morgan fingerprint density at radius 3 is 1.90 bits per heavy atom. The Hall–Kier alpha value is 1.62. The molecule has 0 amide bonds. The summed E-state index contributed by atoms with van der Waals surface area (Å²) < 4.78 is 13.5. The van der Waals surface area contributed by atoms with Crippen molar-refractivity contribution in [2.24, 2.45) is 0 Å². The molecular weight excluding hydrogens is 181 g/mol. The molecule has 0 bridgehead atoms. The third kappa shape index (κ3) is 6.34. The molecule has 10 heavy (non-hydrogen) atoms. The fourth-order valence-electron chi connectivity index (χ4n) is 0.0781. The first-order valence-corrected chi connectivity index (χ1v) is 3.15.